The Balaban J connectivity index is 3.25. The number of hydrogen-bond donors (Lipinski definition) is 0. The Morgan fingerprint density at radius 1 is 1.09 bits per heavy atom. The van der Waals surface area contributed by atoms with Gasteiger partial charge in [-0.3, -0.25) is 0 Å². The van der Waals surface area contributed by atoms with Gasteiger partial charge in [0, 0.05) is 18.9 Å². The minimum atomic E-state index is -0.578. The summed E-state index contributed by atoms with van der Waals surface area (Å²) in [5, 5.41) is 0. The van der Waals surface area contributed by atoms with Gasteiger partial charge in [-0.05, 0) is 24.9 Å². The number of hydrogen-bond acceptors (Lipinski definition) is 1. The summed E-state index contributed by atoms with van der Waals surface area (Å²) in [5.74, 6) is 1.50. The minimum absolute atomic E-state index is 0.578. The van der Waals surface area contributed by atoms with E-state index in [1.54, 1.807) is 7.11 Å². The molecule has 0 aliphatic heterocycles. The molecule has 0 saturated heterocycles. The van der Waals surface area contributed by atoms with E-state index in [1.807, 2.05) is 0 Å². The Kier molecular flexibility index (Phi) is 9.46. The highest BCUT2D eigenvalue weighted by Gasteiger charge is 2.09. The topological polar surface area (TPSA) is 9.23 Å². The molecule has 4 heteroatoms. The maximum atomic E-state index is 5.57. The Morgan fingerprint density at radius 3 is 1.82 bits per heavy atom. The molecule has 0 unspecified atom stereocenters. The summed E-state index contributed by atoms with van der Waals surface area (Å²) in [6.07, 6.45) is 2.15. The molecule has 0 bridgehead atoms. The molecule has 11 heavy (non-hydrogen) atoms. The number of alkyl halides is 2. The summed E-state index contributed by atoms with van der Waals surface area (Å²) in [7, 11) is 1.21. The molecule has 0 rings (SSSR count). The Labute approximate surface area is 80.7 Å². The second-order valence-corrected chi connectivity index (χ2v) is 5.57. The van der Waals surface area contributed by atoms with E-state index in [0.717, 1.165) is 36.7 Å². The molecular formula is C7H15Cl2OSi. The van der Waals surface area contributed by atoms with Crippen molar-refractivity contribution in [3.63, 3.8) is 0 Å². The lowest BCUT2D eigenvalue weighted by atomic mass is 10.6. The fraction of sp³-hybridized carbons (Fsp3) is 1.00. The minimum Gasteiger partial charge on any atom is -0.420 e. The molecule has 0 atom stereocenters. The maximum Gasteiger partial charge on any atom is 0.210 e. The molecule has 0 aromatic heterocycles. The van der Waals surface area contributed by atoms with Gasteiger partial charge in [0.1, 0.15) is 0 Å². The van der Waals surface area contributed by atoms with Gasteiger partial charge in [-0.2, -0.15) is 0 Å². The normalized spacial score (nSPS) is 10.9. The van der Waals surface area contributed by atoms with Crippen LogP contribution in [0.3, 0.4) is 0 Å². The smallest absolute Gasteiger partial charge is 0.210 e. The summed E-state index contributed by atoms with van der Waals surface area (Å²) in [6, 6.07) is 2.31. The fourth-order valence-corrected chi connectivity index (χ4v) is 3.37. The Bertz CT molecular complexity index is 74.8. The SMILES string of the molecule is CO[Si](CCCCl)CCCCl. The molecule has 0 aliphatic carbocycles. The van der Waals surface area contributed by atoms with Crippen molar-refractivity contribution in [2.24, 2.45) is 0 Å². The van der Waals surface area contributed by atoms with Crippen LogP contribution in [-0.2, 0) is 4.43 Å². The molecule has 0 aromatic carbocycles. The van der Waals surface area contributed by atoms with Crippen LogP contribution in [0.15, 0.2) is 0 Å². The van der Waals surface area contributed by atoms with Crippen LogP contribution >= 0.6 is 23.2 Å². The van der Waals surface area contributed by atoms with Crippen LogP contribution in [0.2, 0.25) is 12.1 Å². The fourth-order valence-electron chi connectivity index (χ4n) is 0.857. The highest BCUT2D eigenvalue weighted by Crippen LogP contribution is 2.08. The van der Waals surface area contributed by atoms with Gasteiger partial charge < -0.3 is 4.43 Å². The third kappa shape index (κ3) is 7.13. The van der Waals surface area contributed by atoms with Crippen molar-refractivity contribution in [1.29, 1.82) is 0 Å². The first-order chi connectivity index (χ1) is 5.35. The van der Waals surface area contributed by atoms with E-state index in [9.17, 15) is 0 Å². The highest BCUT2D eigenvalue weighted by atomic mass is 35.5. The summed E-state index contributed by atoms with van der Waals surface area (Å²) in [4.78, 5) is 0. The van der Waals surface area contributed by atoms with Gasteiger partial charge in [0.05, 0.1) is 0 Å². The zero-order chi connectivity index (χ0) is 8.53. The van der Waals surface area contributed by atoms with Crippen molar-refractivity contribution < 1.29 is 4.43 Å². The van der Waals surface area contributed by atoms with Gasteiger partial charge in [0.15, 0.2) is 0 Å². The lowest BCUT2D eigenvalue weighted by molar-refractivity contribution is 0.416. The Morgan fingerprint density at radius 2 is 1.55 bits per heavy atom. The van der Waals surface area contributed by atoms with Gasteiger partial charge in [-0.1, -0.05) is 0 Å². The van der Waals surface area contributed by atoms with Crippen molar-refractivity contribution >= 4 is 32.2 Å². The van der Waals surface area contributed by atoms with Gasteiger partial charge in [-0.25, -0.2) is 0 Å². The van der Waals surface area contributed by atoms with Crippen molar-refractivity contribution in [3.05, 3.63) is 0 Å². The van der Waals surface area contributed by atoms with Crippen LogP contribution in [-0.4, -0.2) is 27.9 Å². The molecule has 0 N–H and O–H groups in total. The largest absolute Gasteiger partial charge is 0.420 e. The van der Waals surface area contributed by atoms with Gasteiger partial charge in [0.25, 0.3) is 0 Å². The van der Waals surface area contributed by atoms with Crippen LogP contribution < -0.4 is 0 Å². The number of halogens is 2. The van der Waals surface area contributed by atoms with E-state index in [0.29, 0.717) is 0 Å². The number of rotatable bonds is 7. The van der Waals surface area contributed by atoms with Crippen molar-refractivity contribution in [2.75, 3.05) is 18.9 Å². The monoisotopic (exact) mass is 213 g/mol. The quantitative estimate of drug-likeness (QED) is 0.467. The highest BCUT2D eigenvalue weighted by molar-refractivity contribution is 6.51. The van der Waals surface area contributed by atoms with Gasteiger partial charge in [-0.15, -0.1) is 23.2 Å². The molecule has 0 aromatic rings. The maximum absolute atomic E-state index is 5.57. The van der Waals surface area contributed by atoms with Crippen molar-refractivity contribution in [2.45, 2.75) is 24.9 Å². The van der Waals surface area contributed by atoms with E-state index in [2.05, 4.69) is 0 Å². The van der Waals surface area contributed by atoms with E-state index < -0.39 is 9.04 Å². The standard InChI is InChI=1S/C7H15Cl2OSi/c1-10-11(6-2-4-8)7-3-5-9/h2-7H2,1H3. The Hall–Kier alpha value is 0.757. The van der Waals surface area contributed by atoms with Crippen molar-refractivity contribution in [1.82, 2.24) is 0 Å². The second kappa shape index (κ2) is 8.85. The zero-order valence-corrected chi connectivity index (χ0v) is 9.42. The van der Waals surface area contributed by atoms with E-state index >= 15 is 0 Å². The summed E-state index contributed by atoms with van der Waals surface area (Å²) < 4.78 is 5.34. The molecule has 0 heterocycles. The third-order valence-electron chi connectivity index (χ3n) is 1.47. The lowest BCUT2D eigenvalue weighted by Gasteiger charge is -2.09. The summed E-state index contributed by atoms with van der Waals surface area (Å²) in [6.45, 7) is 0. The van der Waals surface area contributed by atoms with E-state index in [1.165, 1.54) is 0 Å². The first-order valence-electron chi connectivity index (χ1n) is 3.85. The first-order valence-corrected chi connectivity index (χ1v) is 6.75. The van der Waals surface area contributed by atoms with E-state index in [4.69, 9.17) is 27.6 Å². The molecule has 0 saturated carbocycles. The lowest BCUT2D eigenvalue weighted by Crippen LogP contribution is -2.15. The molecule has 0 amide bonds. The molecule has 1 radical (unpaired) electrons. The predicted octanol–water partition coefficient (Wildman–Crippen LogP) is 2.88. The average molecular weight is 214 g/mol. The van der Waals surface area contributed by atoms with Gasteiger partial charge in [0.2, 0.25) is 9.04 Å². The van der Waals surface area contributed by atoms with Crippen LogP contribution in [0.5, 0.6) is 0 Å². The first kappa shape index (κ1) is 11.8. The van der Waals surface area contributed by atoms with Crippen LogP contribution in [0.1, 0.15) is 12.8 Å². The van der Waals surface area contributed by atoms with Crippen LogP contribution in [0.4, 0.5) is 0 Å². The predicted molar refractivity (Wildman–Crippen MR) is 53.1 cm³/mol. The van der Waals surface area contributed by atoms with Crippen LogP contribution in [0.25, 0.3) is 0 Å². The van der Waals surface area contributed by atoms with Crippen molar-refractivity contribution in [3.8, 4) is 0 Å². The molecular weight excluding hydrogens is 199 g/mol. The average Bonchev–Trinajstić information content (AvgIpc) is 2.05. The van der Waals surface area contributed by atoms with E-state index in [-0.39, 0.29) is 0 Å². The second-order valence-electron chi connectivity index (χ2n) is 2.33. The van der Waals surface area contributed by atoms with Gasteiger partial charge >= 0.3 is 0 Å². The molecule has 0 fully saturated rings. The molecule has 67 valence electrons. The van der Waals surface area contributed by atoms with Crippen LogP contribution in [0, 0.1) is 0 Å². The molecule has 1 nitrogen and oxygen atoms in total. The summed E-state index contributed by atoms with van der Waals surface area (Å²) >= 11 is 11.1. The zero-order valence-electron chi connectivity index (χ0n) is 6.91. The third-order valence-corrected chi connectivity index (χ3v) is 4.40. The molecule has 0 aliphatic rings. The molecule has 0 spiro atoms. The summed E-state index contributed by atoms with van der Waals surface area (Å²) in [5.41, 5.74) is 0.